The normalized spacial score (nSPS) is 11.6. The van der Waals surface area contributed by atoms with Crippen LogP contribution in [0, 0.1) is 0 Å². The van der Waals surface area contributed by atoms with Gasteiger partial charge in [0.2, 0.25) is 0 Å². The maximum absolute atomic E-state index is 12.9. The molecule has 0 heterocycles. The second-order valence-corrected chi connectivity index (χ2v) is 7.50. The van der Waals surface area contributed by atoms with Crippen LogP contribution >= 0.6 is 7.60 Å². The topological polar surface area (TPSA) is 55.8 Å². The number of benzene rings is 2. The first-order chi connectivity index (χ1) is 11.5. The van der Waals surface area contributed by atoms with Gasteiger partial charge in [0.1, 0.15) is 11.1 Å². The van der Waals surface area contributed by atoms with Crippen LogP contribution in [-0.4, -0.2) is 18.3 Å². The molecule has 0 bridgehead atoms. The van der Waals surface area contributed by atoms with Crippen LogP contribution in [0.25, 0.3) is 0 Å². The maximum Gasteiger partial charge on any atom is 0.365 e. The van der Waals surface area contributed by atoms with Gasteiger partial charge >= 0.3 is 7.60 Å². The minimum atomic E-state index is -3.50. The van der Waals surface area contributed by atoms with E-state index in [4.69, 9.17) is 9.05 Å². The van der Waals surface area contributed by atoms with Gasteiger partial charge in [0.25, 0.3) is 0 Å². The summed E-state index contributed by atoms with van der Waals surface area (Å²) < 4.78 is 23.6. The number of hydrogen-bond donors (Lipinski definition) is 1. The lowest BCUT2D eigenvalue weighted by Gasteiger charge is -2.19. The monoisotopic (exact) mass is 348 g/mol. The number of aromatic hydroxyl groups is 1. The average Bonchev–Trinajstić information content (AvgIpc) is 2.57. The van der Waals surface area contributed by atoms with Crippen molar-refractivity contribution in [1.82, 2.24) is 0 Å². The Morgan fingerprint density at radius 1 is 0.875 bits per heavy atom. The van der Waals surface area contributed by atoms with E-state index in [0.29, 0.717) is 6.42 Å². The summed E-state index contributed by atoms with van der Waals surface area (Å²) in [6.45, 7) is 6.13. The molecule has 0 fully saturated rings. The largest absolute Gasteiger partial charge is 0.507 e. The molecule has 2 aromatic carbocycles. The van der Waals surface area contributed by atoms with Crippen molar-refractivity contribution < 1.29 is 18.7 Å². The molecule has 24 heavy (non-hydrogen) atoms. The van der Waals surface area contributed by atoms with Gasteiger partial charge in [0, 0.05) is 0 Å². The minimum absolute atomic E-state index is 0.0645. The van der Waals surface area contributed by atoms with E-state index in [2.05, 4.69) is 31.2 Å². The third-order valence-corrected chi connectivity index (χ3v) is 5.92. The fraction of sp³-hybridized carbons (Fsp3) is 0.368. The third kappa shape index (κ3) is 4.47. The summed E-state index contributed by atoms with van der Waals surface area (Å²) in [7, 11) is -3.50. The molecule has 0 amide bonds. The van der Waals surface area contributed by atoms with Crippen LogP contribution in [0.3, 0.4) is 0 Å². The van der Waals surface area contributed by atoms with E-state index in [0.717, 1.165) is 17.5 Å². The Labute approximate surface area is 144 Å². The van der Waals surface area contributed by atoms with Crippen LogP contribution in [0.1, 0.15) is 37.5 Å². The number of phenols is 1. The highest BCUT2D eigenvalue weighted by Gasteiger charge is 2.30. The highest BCUT2D eigenvalue weighted by atomic mass is 31.2. The van der Waals surface area contributed by atoms with Crippen molar-refractivity contribution in [3.63, 3.8) is 0 Å². The molecule has 130 valence electrons. The highest BCUT2D eigenvalue weighted by Crippen LogP contribution is 2.49. The van der Waals surface area contributed by atoms with E-state index < -0.39 is 7.60 Å². The van der Waals surface area contributed by atoms with Gasteiger partial charge in [-0.2, -0.15) is 0 Å². The Hall–Kier alpha value is -1.61. The van der Waals surface area contributed by atoms with Crippen molar-refractivity contribution in [2.75, 3.05) is 13.2 Å². The summed E-state index contributed by atoms with van der Waals surface area (Å²) in [5.74, 6) is -0.0645. The Bertz CT molecular complexity index is 700. The standard InChI is InChI=1S/C19H25O4P/c1-4-15-7-9-16(10-8-15)13-17-11-12-18(20)19(14-17)24(21,22-5-2)23-6-3/h7-12,14,20H,4-6,13H2,1-3H3. The molecule has 2 aromatic rings. The maximum atomic E-state index is 12.9. The van der Waals surface area contributed by atoms with Gasteiger partial charge in [0.15, 0.2) is 0 Å². The molecule has 0 aliphatic rings. The van der Waals surface area contributed by atoms with E-state index in [1.807, 2.05) is 6.07 Å². The fourth-order valence-corrected chi connectivity index (χ4v) is 4.25. The highest BCUT2D eigenvalue weighted by molar-refractivity contribution is 7.62. The van der Waals surface area contributed by atoms with Crippen LogP contribution < -0.4 is 5.30 Å². The van der Waals surface area contributed by atoms with E-state index >= 15 is 0 Å². The second kappa shape index (κ2) is 8.48. The lowest BCUT2D eigenvalue weighted by molar-refractivity contribution is 0.229. The molecule has 0 aromatic heterocycles. The van der Waals surface area contributed by atoms with E-state index in [1.54, 1.807) is 26.0 Å². The molecule has 0 aliphatic carbocycles. The molecule has 2 rings (SSSR count). The number of phenolic OH excluding ortho intramolecular Hbond substituents is 1. The van der Waals surface area contributed by atoms with Crippen molar-refractivity contribution in [3.05, 3.63) is 59.2 Å². The summed E-state index contributed by atoms with van der Waals surface area (Å²) in [5, 5.41) is 10.4. The Balaban J connectivity index is 2.31. The molecule has 0 unspecified atom stereocenters. The van der Waals surface area contributed by atoms with Gasteiger partial charge in [-0.15, -0.1) is 0 Å². The summed E-state index contributed by atoms with van der Waals surface area (Å²) in [6, 6.07) is 13.5. The first-order valence-electron chi connectivity index (χ1n) is 8.31. The minimum Gasteiger partial charge on any atom is -0.507 e. The third-order valence-electron chi connectivity index (χ3n) is 3.77. The fourth-order valence-electron chi connectivity index (χ4n) is 2.54. The molecular weight excluding hydrogens is 323 g/mol. The van der Waals surface area contributed by atoms with Crippen LogP contribution in [0.4, 0.5) is 0 Å². The summed E-state index contributed by atoms with van der Waals surface area (Å²) >= 11 is 0. The molecule has 1 N–H and O–H groups in total. The number of aryl methyl sites for hydroxylation is 1. The molecule has 0 aliphatic heterocycles. The zero-order valence-corrected chi connectivity index (χ0v) is 15.4. The first-order valence-corrected chi connectivity index (χ1v) is 9.86. The Morgan fingerprint density at radius 3 is 1.96 bits per heavy atom. The van der Waals surface area contributed by atoms with Crippen LogP contribution in [0.15, 0.2) is 42.5 Å². The lowest BCUT2D eigenvalue weighted by Crippen LogP contribution is -2.12. The second-order valence-electron chi connectivity index (χ2n) is 5.50. The molecule has 4 nitrogen and oxygen atoms in total. The Morgan fingerprint density at radius 2 is 1.42 bits per heavy atom. The molecule has 0 saturated heterocycles. The van der Waals surface area contributed by atoms with Crippen molar-refractivity contribution >= 4 is 12.9 Å². The van der Waals surface area contributed by atoms with Crippen molar-refractivity contribution in [2.24, 2.45) is 0 Å². The molecular formula is C19H25O4P. The number of rotatable bonds is 8. The summed E-state index contributed by atoms with van der Waals surface area (Å²) in [4.78, 5) is 0. The van der Waals surface area contributed by atoms with E-state index in [-0.39, 0.29) is 24.3 Å². The SMILES string of the molecule is CCOP(=O)(OCC)c1cc(Cc2ccc(CC)cc2)ccc1O. The van der Waals surface area contributed by atoms with E-state index in [1.165, 1.54) is 5.56 Å². The molecule has 0 spiro atoms. The van der Waals surface area contributed by atoms with Gasteiger partial charge in [0.05, 0.1) is 13.2 Å². The van der Waals surface area contributed by atoms with Crippen molar-refractivity contribution in [3.8, 4) is 5.75 Å². The quantitative estimate of drug-likeness (QED) is 0.717. The zero-order valence-electron chi connectivity index (χ0n) is 14.5. The molecule has 5 heteroatoms. The van der Waals surface area contributed by atoms with Crippen LogP contribution in [0.2, 0.25) is 0 Å². The predicted octanol–water partition coefficient (Wildman–Crippen LogP) is 4.44. The summed E-state index contributed by atoms with van der Waals surface area (Å²) in [6.07, 6.45) is 1.70. The van der Waals surface area contributed by atoms with Crippen LogP contribution in [-0.2, 0) is 26.5 Å². The smallest absolute Gasteiger partial charge is 0.365 e. The summed E-state index contributed by atoms with van der Waals surface area (Å²) in [5.41, 5.74) is 3.40. The van der Waals surface area contributed by atoms with Crippen LogP contribution in [0.5, 0.6) is 5.75 Å². The molecule has 0 atom stereocenters. The average molecular weight is 348 g/mol. The predicted molar refractivity (Wildman–Crippen MR) is 97.2 cm³/mol. The van der Waals surface area contributed by atoms with Gasteiger partial charge in [-0.3, -0.25) is 4.57 Å². The molecule has 0 saturated carbocycles. The first kappa shape index (κ1) is 18.7. The van der Waals surface area contributed by atoms with Crippen molar-refractivity contribution in [1.29, 1.82) is 0 Å². The van der Waals surface area contributed by atoms with Crippen molar-refractivity contribution in [2.45, 2.75) is 33.6 Å². The van der Waals surface area contributed by atoms with Gasteiger partial charge in [-0.1, -0.05) is 37.3 Å². The zero-order chi connectivity index (χ0) is 17.6. The van der Waals surface area contributed by atoms with Gasteiger partial charge < -0.3 is 14.2 Å². The van der Waals surface area contributed by atoms with Gasteiger partial charge in [-0.25, -0.2) is 0 Å². The number of hydrogen-bond acceptors (Lipinski definition) is 4. The van der Waals surface area contributed by atoms with E-state index in [9.17, 15) is 9.67 Å². The van der Waals surface area contributed by atoms with Gasteiger partial charge in [-0.05, 0) is 55.5 Å². The lowest BCUT2D eigenvalue weighted by atomic mass is 10.0. The Kier molecular flexibility index (Phi) is 6.61. The molecule has 0 radical (unpaired) electrons.